The van der Waals surface area contributed by atoms with Crippen LogP contribution in [-0.4, -0.2) is 12.6 Å². The maximum Gasteiger partial charge on any atom is 0.338 e. The van der Waals surface area contributed by atoms with Crippen molar-refractivity contribution in [1.29, 1.82) is 0 Å². The Morgan fingerprint density at radius 2 is 2.00 bits per heavy atom. The van der Waals surface area contributed by atoms with E-state index < -0.39 is 0 Å². The van der Waals surface area contributed by atoms with Crippen molar-refractivity contribution < 1.29 is 9.53 Å². The number of esters is 1. The monoisotopic (exact) mass is 210 g/mol. The molecule has 0 spiro atoms. The average molecular weight is 211 g/mol. The minimum Gasteiger partial charge on any atom is -0.462 e. The second-order valence-electron chi connectivity index (χ2n) is 2.67. The molecule has 0 bridgehead atoms. The highest BCUT2D eigenvalue weighted by atomic mass is 35.5. The fourth-order valence-corrected chi connectivity index (χ4v) is 1.27. The summed E-state index contributed by atoms with van der Waals surface area (Å²) in [6.45, 7) is 5.70. The van der Waals surface area contributed by atoms with E-state index in [4.69, 9.17) is 16.3 Å². The van der Waals surface area contributed by atoms with Gasteiger partial charge in [0.2, 0.25) is 0 Å². The van der Waals surface area contributed by atoms with E-state index in [0.717, 1.165) is 0 Å². The molecule has 0 saturated carbocycles. The lowest BCUT2D eigenvalue weighted by Crippen LogP contribution is -2.06. The molecule has 0 radical (unpaired) electrons. The van der Waals surface area contributed by atoms with Gasteiger partial charge < -0.3 is 4.74 Å². The zero-order valence-corrected chi connectivity index (χ0v) is 8.67. The molecule has 0 aliphatic carbocycles. The molecule has 1 aromatic rings. The highest BCUT2D eigenvalue weighted by Gasteiger charge is 2.12. The molecule has 0 N–H and O–H groups in total. The molecule has 2 nitrogen and oxygen atoms in total. The van der Waals surface area contributed by atoms with Crippen LogP contribution >= 0.6 is 11.6 Å². The molecule has 0 heterocycles. The number of hydrogen-bond donors (Lipinski definition) is 0. The van der Waals surface area contributed by atoms with Gasteiger partial charge in [-0.15, -0.1) is 0 Å². The van der Waals surface area contributed by atoms with E-state index in [9.17, 15) is 4.79 Å². The van der Waals surface area contributed by atoms with E-state index in [2.05, 4.69) is 6.58 Å². The highest BCUT2D eigenvalue weighted by Crippen LogP contribution is 2.21. The highest BCUT2D eigenvalue weighted by molar-refractivity contribution is 6.48. The van der Waals surface area contributed by atoms with Gasteiger partial charge in [0.05, 0.1) is 12.2 Å². The number of rotatable bonds is 3. The summed E-state index contributed by atoms with van der Waals surface area (Å²) < 4.78 is 4.88. The van der Waals surface area contributed by atoms with E-state index in [-0.39, 0.29) is 5.97 Å². The molecule has 1 aromatic carbocycles. The zero-order valence-electron chi connectivity index (χ0n) is 7.92. The van der Waals surface area contributed by atoms with Gasteiger partial charge in [-0.1, -0.05) is 36.4 Å². The summed E-state index contributed by atoms with van der Waals surface area (Å²) in [5, 5.41) is 0.341. The standard InChI is InChI=1S/C11H11ClO2/c1-3-14-11(13)10-7-5-4-6-9(10)8(2)12/h4-7H,2-3H2,1H3. The summed E-state index contributed by atoms with van der Waals surface area (Å²) in [4.78, 5) is 11.4. The third-order valence-electron chi connectivity index (χ3n) is 1.71. The topological polar surface area (TPSA) is 26.3 Å². The summed E-state index contributed by atoms with van der Waals surface area (Å²) in [5.74, 6) is -0.370. The Bertz CT molecular complexity index is 358. The lowest BCUT2D eigenvalue weighted by molar-refractivity contribution is 0.0526. The third kappa shape index (κ3) is 2.36. The number of benzene rings is 1. The maximum atomic E-state index is 11.4. The first-order valence-corrected chi connectivity index (χ1v) is 4.65. The van der Waals surface area contributed by atoms with Crippen LogP contribution in [0.15, 0.2) is 30.8 Å². The molecule has 0 atom stereocenters. The Kier molecular flexibility index (Phi) is 3.72. The summed E-state index contributed by atoms with van der Waals surface area (Å²) in [5.41, 5.74) is 1.07. The first-order chi connectivity index (χ1) is 6.66. The minimum atomic E-state index is -0.370. The van der Waals surface area contributed by atoms with Crippen LogP contribution in [0.2, 0.25) is 0 Å². The van der Waals surface area contributed by atoms with Crippen LogP contribution in [0.3, 0.4) is 0 Å². The summed E-state index contributed by atoms with van der Waals surface area (Å²) in [7, 11) is 0. The van der Waals surface area contributed by atoms with Crippen molar-refractivity contribution in [2.45, 2.75) is 6.92 Å². The van der Waals surface area contributed by atoms with Crippen LogP contribution in [0.25, 0.3) is 5.03 Å². The van der Waals surface area contributed by atoms with Gasteiger partial charge in [0, 0.05) is 10.6 Å². The van der Waals surface area contributed by atoms with Gasteiger partial charge in [-0.05, 0) is 13.0 Å². The van der Waals surface area contributed by atoms with Crippen molar-refractivity contribution in [2.24, 2.45) is 0 Å². The van der Waals surface area contributed by atoms with Gasteiger partial charge in [0.25, 0.3) is 0 Å². The van der Waals surface area contributed by atoms with Crippen molar-refractivity contribution in [3.8, 4) is 0 Å². The van der Waals surface area contributed by atoms with Crippen molar-refractivity contribution in [2.75, 3.05) is 6.61 Å². The predicted octanol–water partition coefficient (Wildman–Crippen LogP) is 3.07. The van der Waals surface area contributed by atoms with Gasteiger partial charge in [0.15, 0.2) is 0 Å². The van der Waals surface area contributed by atoms with Gasteiger partial charge in [0.1, 0.15) is 0 Å². The molecule has 0 aliphatic rings. The average Bonchev–Trinajstić information content (AvgIpc) is 2.18. The van der Waals surface area contributed by atoms with Crippen LogP contribution in [0.1, 0.15) is 22.8 Å². The molecular formula is C11H11ClO2. The SMILES string of the molecule is C=C(Cl)c1ccccc1C(=O)OCC. The normalized spacial score (nSPS) is 9.57. The van der Waals surface area contributed by atoms with Crippen molar-refractivity contribution >= 4 is 22.6 Å². The minimum absolute atomic E-state index is 0.341. The summed E-state index contributed by atoms with van der Waals surface area (Å²) in [6, 6.07) is 6.96. The zero-order chi connectivity index (χ0) is 10.6. The second-order valence-corrected chi connectivity index (χ2v) is 3.13. The Labute approximate surface area is 88.1 Å². The first kappa shape index (κ1) is 10.8. The molecule has 0 unspecified atom stereocenters. The Hall–Kier alpha value is -1.28. The van der Waals surface area contributed by atoms with Gasteiger partial charge in [-0.25, -0.2) is 4.79 Å². The molecule has 3 heteroatoms. The lowest BCUT2D eigenvalue weighted by atomic mass is 10.1. The summed E-state index contributed by atoms with van der Waals surface area (Å²) >= 11 is 5.75. The van der Waals surface area contributed by atoms with E-state index in [0.29, 0.717) is 22.8 Å². The Morgan fingerprint density at radius 3 is 2.50 bits per heavy atom. The van der Waals surface area contributed by atoms with Crippen LogP contribution in [0.4, 0.5) is 0 Å². The maximum absolute atomic E-state index is 11.4. The van der Waals surface area contributed by atoms with E-state index >= 15 is 0 Å². The van der Waals surface area contributed by atoms with E-state index in [1.807, 2.05) is 0 Å². The van der Waals surface area contributed by atoms with Crippen LogP contribution < -0.4 is 0 Å². The fraction of sp³-hybridized carbons (Fsp3) is 0.182. The number of ether oxygens (including phenoxy) is 1. The fourth-order valence-electron chi connectivity index (χ4n) is 1.11. The lowest BCUT2D eigenvalue weighted by Gasteiger charge is -2.06. The predicted molar refractivity (Wildman–Crippen MR) is 57.3 cm³/mol. The third-order valence-corrected chi connectivity index (χ3v) is 1.92. The molecule has 0 fully saturated rings. The van der Waals surface area contributed by atoms with E-state index in [1.54, 1.807) is 31.2 Å². The Morgan fingerprint density at radius 1 is 1.43 bits per heavy atom. The van der Waals surface area contributed by atoms with Crippen molar-refractivity contribution in [3.63, 3.8) is 0 Å². The second kappa shape index (κ2) is 4.82. The molecular weight excluding hydrogens is 200 g/mol. The van der Waals surface area contributed by atoms with Gasteiger partial charge in [-0.3, -0.25) is 0 Å². The molecule has 74 valence electrons. The van der Waals surface area contributed by atoms with Crippen molar-refractivity contribution in [1.82, 2.24) is 0 Å². The van der Waals surface area contributed by atoms with Crippen LogP contribution in [-0.2, 0) is 4.74 Å². The molecule has 14 heavy (non-hydrogen) atoms. The number of carbonyl (C=O) groups excluding carboxylic acids is 1. The van der Waals surface area contributed by atoms with Gasteiger partial charge >= 0.3 is 5.97 Å². The van der Waals surface area contributed by atoms with E-state index in [1.165, 1.54) is 0 Å². The molecule has 0 saturated heterocycles. The number of halogens is 1. The first-order valence-electron chi connectivity index (χ1n) is 4.27. The molecule has 0 aliphatic heterocycles. The number of carbonyl (C=O) groups is 1. The summed E-state index contributed by atoms with van der Waals surface area (Å²) in [6.07, 6.45) is 0. The number of hydrogen-bond acceptors (Lipinski definition) is 2. The van der Waals surface area contributed by atoms with Crippen LogP contribution in [0.5, 0.6) is 0 Å². The smallest absolute Gasteiger partial charge is 0.338 e. The van der Waals surface area contributed by atoms with Gasteiger partial charge in [-0.2, -0.15) is 0 Å². The molecule has 0 amide bonds. The molecule has 1 rings (SSSR count). The molecule has 0 aromatic heterocycles. The van der Waals surface area contributed by atoms with Crippen molar-refractivity contribution in [3.05, 3.63) is 42.0 Å². The largest absolute Gasteiger partial charge is 0.462 e. The quantitative estimate of drug-likeness (QED) is 0.717. The Balaban J connectivity index is 3.07. The van der Waals surface area contributed by atoms with Crippen LogP contribution in [0, 0.1) is 0 Å².